The fourth-order valence-electron chi connectivity index (χ4n) is 1.98. The summed E-state index contributed by atoms with van der Waals surface area (Å²) in [6, 6.07) is 4.79. The van der Waals surface area contributed by atoms with E-state index in [0.29, 0.717) is 23.2 Å². The fourth-order valence-corrected chi connectivity index (χ4v) is 2.46. The number of carbonyl (C=O) groups excluding carboxylic acids is 1. The Balaban J connectivity index is 2.75. The summed E-state index contributed by atoms with van der Waals surface area (Å²) in [4.78, 5) is 14.0. The summed E-state index contributed by atoms with van der Waals surface area (Å²) in [7, 11) is 0. The van der Waals surface area contributed by atoms with Gasteiger partial charge in [-0.15, -0.1) is 0 Å². The summed E-state index contributed by atoms with van der Waals surface area (Å²) in [6.07, 6.45) is -0.376. The second kappa shape index (κ2) is 7.51. The Bertz CT molecular complexity index is 530. The van der Waals surface area contributed by atoms with Gasteiger partial charge in [0, 0.05) is 23.1 Å². The molecule has 0 unspecified atom stereocenters. The molecule has 0 atom stereocenters. The number of nitrogens with zero attached hydrogens (tertiary/aromatic N) is 1. The van der Waals surface area contributed by atoms with Crippen molar-refractivity contribution >= 4 is 27.7 Å². The lowest BCUT2D eigenvalue weighted by Gasteiger charge is -2.37. The average molecular weight is 389 g/mol. The zero-order valence-electron chi connectivity index (χ0n) is 14.7. The summed E-state index contributed by atoms with van der Waals surface area (Å²) in [5.74, 6) is -0.334. The van der Waals surface area contributed by atoms with Crippen molar-refractivity contribution in [3.05, 3.63) is 28.5 Å². The van der Waals surface area contributed by atoms with Crippen LogP contribution in [0.2, 0.25) is 0 Å². The van der Waals surface area contributed by atoms with Crippen LogP contribution in [0, 0.1) is 5.82 Å². The lowest BCUT2D eigenvalue weighted by Crippen LogP contribution is -2.49. The highest BCUT2D eigenvalue weighted by atomic mass is 79.9. The lowest BCUT2D eigenvalue weighted by molar-refractivity contribution is 0.00749. The first kappa shape index (κ1) is 19.7. The van der Waals surface area contributed by atoms with Gasteiger partial charge in [0.15, 0.2) is 0 Å². The second-order valence-electron chi connectivity index (χ2n) is 7.33. The van der Waals surface area contributed by atoms with Crippen LogP contribution in [0.5, 0.6) is 0 Å². The minimum absolute atomic E-state index is 0.334. The average Bonchev–Trinajstić information content (AvgIpc) is 2.33. The van der Waals surface area contributed by atoms with Crippen molar-refractivity contribution in [3.8, 4) is 0 Å². The number of amides is 1. The van der Waals surface area contributed by atoms with Crippen LogP contribution in [0.3, 0.4) is 0 Å². The van der Waals surface area contributed by atoms with Gasteiger partial charge in [-0.25, -0.2) is 9.18 Å². The quantitative estimate of drug-likeness (QED) is 0.785. The van der Waals surface area contributed by atoms with E-state index < -0.39 is 11.1 Å². The van der Waals surface area contributed by atoms with Crippen LogP contribution < -0.4 is 5.32 Å². The van der Waals surface area contributed by atoms with E-state index >= 15 is 0 Å². The summed E-state index contributed by atoms with van der Waals surface area (Å²) >= 11 is 3.31. The summed E-state index contributed by atoms with van der Waals surface area (Å²) < 4.78 is 19.9. The molecule has 1 aromatic rings. The molecule has 1 rings (SSSR count). The van der Waals surface area contributed by atoms with Gasteiger partial charge < -0.3 is 15.0 Å². The maximum atomic E-state index is 13.8. The molecule has 4 nitrogen and oxygen atoms in total. The van der Waals surface area contributed by atoms with Crippen LogP contribution in [0.4, 0.5) is 14.9 Å². The van der Waals surface area contributed by atoms with E-state index in [1.165, 1.54) is 6.07 Å². The van der Waals surface area contributed by atoms with Crippen LogP contribution >= 0.6 is 15.9 Å². The third kappa shape index (κ3) is 6.37. The second-order valence-corrected chi connectivity index (χ2v) is 8.18. The van der Waals surface area contributed by atoms with Crippen molar-refractivity contribution in [3.63, 3.8) is 0 Å². The maximum Gasteiger partial charge on any atom is 0.410 e. The highest BCUT2D eigenvalue weighted by Gasteiger charge is 2.30. The predicted molar refractivity (Wildman–Crippen MR) is 95.3 cm³/mol. The molecule has 0 bridgehead atoms. The molecule has 0 aliphatic carbocycles. The van der Waals surface area contributed by atoms with Gasteiger partial charge in [0.1, 0.15) is 11.4 Å². The van der Waals surface area contributed by atoms with Gasteiger partial charge >= 0.3 is 6.09 Å². The number of hydrogen-bond acceptors (Lipinski definition) is 3. The minimum Gasteiger partial charge on any atom is -0.444 e. The first-order valence-electron chi connectivity index (χ1n) is 7.60. The Morgan fingerprint density at radius 1 is 1.26 bits per heavy atom. The fraction of sp³-hybridized carbons (Fsp3) is 0.588. The Morgan fingerprint density at radius 3 is 2.35 bits per heavy atom. The largest absolute Gasteiger partial charge is 0.444 e. The molecule has 130 valence electrons. The van der Waals surface area contributed by atoms with Crippen LogP contribution in [-0.2, 0) is 4.74 Å². The Kier molecular flexibility index (Phi) is 6.45. The number of ether oxygens (including phenoxy) is 1. The molecule has 0 aromatic heterocycles. The van der Waals surface area contributed by atoms with E-state index in [9.17, 15) is 9.18 Å². The standard InChI is InChI=1S/C17H26BrFN2O2/c1-16(2,3)21(15(22)23-17(4,5)6)11-10-20-14-12(18)8-7-9-13(14)19/h7-9,20H,10-11H2,1-6H3. The van der Waals surface area contributed by atoms with Crippen LogP contribution in [-0.4, -0.2) is 35.2 Å². The number of carbonyl (C=O) groups is 1. The molecular weight excluding hydrogens is 363 g/mol. The maximum absolute atomic E-state index is 13.8. The number of benzene rings is 1. The molecule has 0 saturated carbocycles. The zero-order valence-corrected chi connectivity index (χ0v) is 16.3. The van der Waals surface area contributed by atoms with Crippen molar-refractivity contribution in [2.75, 3.05) is 18.4 Å². The molecular formula is C17H26BrFN2O2. The van der Waals surface area contributed by atoms with Crippen molar-refractivity contribution in [1.82, 2.24) is 4.90 Å². The van der Waals surface area contributed by atoms with E-state index in [-0.39, 0.29) is 11.9 Å². The molecule has 0 aliphatic heterocycles. The van der Waals surface area contributed by atoms with Gasteiger partial charge in [-0.1, -0.05) is 6.07 Å². The summed E-state index contributed by atoms with van der Waals surface area (Å²) in [5.41, 5.74) is -0.551. The predicted octanol–water partition coefficient (Wildman–Crippen LogP) is 5.04. The highest BCUT2D eigenvalue weighted by Crippen LogP contribution is 2.25. The Hall–Kier alpha value is -1.30. The van der Waals surface area contributed by atoms with Gasteiger partial charge in [0.2, 0.25) is 0 Å². The third-order valence-electron chi connectivity index (χ3n) is 3.02. The summed E-state index contributed by atoms with van der Waals surface area (Å²) in [5, 5.41) is 3.03. The number of nitrogens with one attached hydrogen (secondary N) is 1. The van der Waals surface area contributed by atoms with Crippen LogP contribution in [0.1, 0.15) is 41.5 Å². The van der Waals surface area contributed by atoms with E-state index in [0.717, 1.165) is 0 Å². The molecule has 6 heteroatoms. The molecule has 0 aliphatic rings. The van der Waals surface area contributed by atoms with E-state index in [1.54, 1.807) is 17.0 Å². The van der Waals surface area contributed by atoms with Crippen molar-refractivity contribution in [2.24, 2.45) is 0 Å². The van der Waals surface area contributed by atoms with Gasteiger partial charge in [0.25, 0.3) is 0 Å². The van der Waals surface area contributed by atoms with E-state index in [2.05, 4.69) is 21.2 Å². The molecule has 1 aromatic carbocycles. The molecule has 1 amide bonds. The zero-order chi connectivity index (χ0) is 17.8. The normalized spacial score (nSPS) is 12.0. The van der Waals surface area contributed by atoms with Crippen LogP contribution in [0.25, 0.3) is 0 Å². The van der Waals surface area contributed by atoms with Crippen LogP contribution in [0.15, 0.2) is 22.7 Å². The Morgan fingerprint density at radius 2 is 1.87 bits per heavy atom. The number of hydrogen-bond donors (Lipinski definition) is 1. The minimum atomic E-state index is -0.553. The van der Waals surface area contributed by atoms with Gasteiger partial charge in [-0.2, -0.15) is 0 Å². The van der Waals surface area contributed by atoms with Gasteiger partial charge in [0.05, 0.1) is 5.69 Å². The number of para-hydroxylation sites is 1. The molecule has 1 N–H and O–H groups in total. The number of halogens is 2. The first-order valence-corrected chi connectivity index (χ1v) is 8.39. The van der Waals surface area contributed by atoms with Crippen molar-refractivity contribution in [1.29, 1.82) is 0 Å². The first-order chi connectivity index (χ1) is 10.4. The molecule has 0 heterocycles. The van der Waals surface area contributed by atoms with E-state index in [4.69, 9.17) is 4.74 Å². The van der Waals surface area contributed by atoms with Crippen molar-refractivity contribution in [2.45, 2.75) is 52.7 Å². The highest BCUT2D eigenvalue weighted by molar-refractivity contribution is 9.10. The third-order valence-corrected chi connectivity index (χ3v) is 3.68. The monoisotopic (exact) mass is 388 g/mol. The smallest absolute Gasteiger partial charge is 0.410 e. The van der Waals surface area contributed by atoms with E-state index in [1.807, 2.05) is 41.5 Å². The van der Waals surface area contributed by atoms with Gasteiger partial charge in [-0.05, 0) is 69.6 Å². The lowest BCUT2D eigenvalue weighted by atomic mass is 10.1. The molecule has 0 fully saturated rings. The Labute approximate surface area is 146 Å². The summed E-state index contributed by atoms with van der Waals surface area (Å²) in [6.45, 7) is 12.1. The van der Waals surface area contributed by atoms with Crippen molar-refractivity contribution < 1.29 is 13.9 Å². The topological polar surface area (TPSA) is 41.6 Å². The molecule has 23 heavy (non-hydrogen) atoms. The van der Waals surface area contributed by atoms with Gasteiger partial charge in [-0.3, -0.25) is 0 Å². The number of rotatable bonds is 4. The molecule has 0 saturated heterocycles. The SMILES string of the molecule is CC(C)(C)OC(=O)N(CCNc1c(F)cccc1Br)C(C)(C)C. The number of anilines is 1. The molecule has 0 radical (unpaired) electrons. The molecule has 0 spiro atoms.